The van der Waals surface area contributed by atoms with E-state index in [9.17, 15) is 9.59 Å². The monoisotopic (exact) mass is 835 g/mol. The van der Waals surface area contributed by atoms with E-state index in [1.807, 2.05) is 0 Å². The van der Waals surface area contributed by atoms with Gasteiger partial charge in [0.1, 0.15) is 6.61 Å². The van der Waals surface area contributed by atoms with E-state index in [1.165, 1.54) is 83.5 Å². The molecule has 0 heterocycles. The van der Waals surface area contributed by atoms with Crippen molar-refractivity contribution in [2.24, 2.45) is 0 Å². The van der Waals surface area contributed by atoms with Crippen molar-refractivity contribution >= 4 is 11.9 Å². The summed E-state index contributed by atoms with van der Waals surface area (Å²) >= 11 is 0. The second-order valence-corrected chi connectivity index (χ2v) is 16.3. The van der Waals surface area contributed by atoms with Crippen LogP contribution >= 0.6 is 0 Å². The molecule has 0 amide bonds. The molecule has 0 saturated carbocycles. The SMILES string of the molecule is CC/C=C\C/C=C\C/C=C\C/C=C\CCCCCCC(=O)OCC(COCCCCCCCC/C=C\CCCCCC)OC(=O)CCCCCCC/C=C\C/C=C\CCC. The van der Waals surface area contributed by atoms with Crippen LogP contribution < -0.4 is 0 Å². The van der Waals surface area contributed by atoms with Crippen LogP contribution in [-0.2, 0) is 23.8 Å². The molecular formula is C55H94O5. The van der Waals surface area contributed by atoms with Crippen molar-refractivity contribution in [1.82, 2.24) is 0 Å². The second kappa shape index (κ2) is 50.4. The van der Waals surface area contributed by atoms with Crippen molar-refractivity contribution in [3.8, 4) is 0 Å². The van der Waals surface area contributed by atoms with Gasteiger partial charge in [-0.2, -0.15) is 0 Å². The Morgan fingerprint density at radius 1 is 0.383 bits per heavy atom. The van der Waals surface area contributed by atoms with Gasteiger partial charge in [-0.15, -0.1) is 0 Å². The van der Waals surface area contributed by atoms with Crippen LogP contribution in [0.4, 0.5) is 0 Å². The maximum atomic E-state index is 12.8. The van der Waals surface area contributed by atoms with E-state index >= 15 is 0 Å². The van der Waals surface area contributed by atoms with Crippen LogP contribution in [0.1, 0.15) is 226 Å². The Balaban J connectivity index is 4.34. The van der Waals surface area contributed by atoms with Gasteiger partial charge in [0, 0.05) is 19.4 Å². The minimum atomic E-state index is -0.559. The molecule has 344 valence electrons. The number of unbranched alkanes of at least 4 members (excludes halogenated alkanes) is 20. The third-order valence-corrected chi connectivity index (χ3v) is 10.4. The van der Waals surface area contributed by atoms with E-state index in [0.29, 0.717) is 19.4 Å². The van der Waals surface area contributed by atoms with Crippen molar-refractivity contribution in [2.45, 2.75) is 232 Å². The number of allylic oxidation sites excluding steroid dienone is 14. The van der Waals surface area contributed by atoms with Crippen molar-refractivity contribution in [3.05, 3.63) is 85.1 Å². The molecule has 0 rings (SSSR count). The molecule has 0 radical (unpaired) electrons. The minimum Gasteiger partial charge on any atom is -0.462 e. The first-order valence-electron chi connectivity index (χ1n) is 25.1. The zero-order chi connectivity index (χ0) is 43.5. The summed E-state index contributed by atoms with van der Waals surface area (Å²) in [5, 5.41) is 0. The minimum absolute atomic E-state index is 0.0610. The zero-order valence-electron chi connectivity index (χ0n) is 39.5. The Labute approximate surface area is 371 Å². The quantitative estimate of drug-likeness (QED) is 0.0347. The molecule has 0 N–H and O–H groups in total. The summed E-state index contributed by atoms with van der Waals surface area (Å²) in [6, 6.07) is 0. The molecule has 0 bridgehead atoms. The Morgan fingerprint density at radius 2 is 0.783 bits per heavy atom. The number of hydrogen-bond donors (Lipinski definition) is 0. The molecule has 0 aliphatic rings. The number of hydrogen-bond acceptors (Lipinski definition) is 5. The number of carbonyl (C=O) groups is 2. The Bertz CT molecular complexity index is 1130. The lowest BCUT2D eigenvalue weighted by Gasteiger charge is -2.18. The average Bonchev–Trinajstić information content (AvgIpc) is 3.25. The van der Waals surface area contributed by atoms with E-state index in [2.05, 4.69) is 106 Å². The Hall–Kier alpha value is -2.92. The normalized spacial score (nSPS) is 12.9. The molecule has 0 aromatic carbocycles. The first kappa shape index (κ1) is 57.1. The lowest BCUT2D eigenvalue weighted by atomic mass is 10.1. The van der Waals surface area contributed by atoms with Gasteiger partial charge in [-0.3, -0.25) is 9.59 Å². The van der Waals surface area contributed by atoms with Crippen molar-refractivity contribution in [2.75, 3.05) is 19.8 Å². The first-order valence-corrected chi connectivity index (χ1v) is 25.1. The fourth-order valence-corrected chi connectivity index (χ4v) is 6.65. The van der Waals surface area contributed by atoms with Crippen molar-refractivity contribution in [3.63, 3.8) is 0 Å². The van der Waals surface area contributed by atoms with Gasteiger partial charge in [0.25, 0.3) is 0 Å². The molecule has 0 saturated heterocycles. The number of ether oxygens (including phenoxy) is 3. The first-order chi connectivity index (χ1) is 29.6. The van der Waals surface area contributed by atoms with E-state index < -0.39 is 6.10 Å². The molecule has 0 aliphatic carbocycles. The van der Waals surface area contributed by atoms with E-state index in [-0.39, 0.29) is 25.2 Å². The smallest absolute Gasteiger partial charge is 0.306 e. The highest BCUT2D eigenvalue weighted by Gasteiger charge is 2.17. The molecule has 0 spiro atoms. The van der Waals surface area contributed by atoms with Crippen LogP contribution in [0.15, 0.2) is 85.1 Å². The van der Waals surface area contributed by atoms with Crippen LogP contribution in [0.25, 0.3) is 0 Å². The van der Waals surface area contributed by atoms with Crippen molar-refractivity contribution < 1.29 is 23.8 Å². The van der Waals surface area contributed by atoms with Crippen LogP contribution in [0.5, 0.6) is 0 Å². The Morgan fingerprint density at radius 3 is 1.28 bits per heavy atom. The fraction of sp³-hybridized carbons (Fsp3) is 0.709. The lowest BCUT2D eigenvalue weighted by Crippen LogP contribution is -2.30. The van der Waals surface area contributed by atoms with Crippen molar-refractivity contribution in [1.29, 1.82) is 0 Å². The van der Waals surface area contributed by atoms with Gasteiger partial charge in [0.15, 0.2) is 6.10 Å². The van der Waals surface area contributed by atoms with Crippen LogP contribution in [-0.4, -0.2) is 37.9 Å². The van der Waals surface area contributed by atoms with E-state index in [4.69, 9.17) is 14.2 Å². The Kier molecular flexibility index (Phi) is 48.0. The molecule has 0 aromatic heterocycles. The summed E-state index contributed by atoms with van der Waals surface area (Å²) in [5.74, 6) is -0.446. The fourth-order valence-electron chi connectivity index (χ4n) is 6.65. The third kappa shape index (κ3) is 47.8. The third-order valence-electron chi connectivity index (χ3n) is 10.4. The van der Waals surface area contributed by atoms with Gasteiger partial charge in [0.05, 0.1) is 6.61 Å². The molecule has 5 heteroatoms. The van der Waals surface area contributed by atoms with E-state index in [0.717, 1.165) is 109 Å². The highest BCUT2D eigenvalue weighted by molar-refractivity contribution is 5.70. The summed E-state index contributed by atoms with van der Waals surface area (Å²) in [6.07, 6.45) is 65.8. The maximum absolute atomic E-state index is 12.8. The number of rotatable bonds is 45. The predicted octanol–water partition coefficient (Wildman–Crippen LogP) is 16.9. The van der Waals surface area contributed by atoms with Gasteiger partial charge in [-0.05, 0) is 109 Å². The number of carbonyl (C=O) groups excluding carboxylic acids is 2. The summed E-state index contributed by atoms with van der Waals surface area (Å²) in [7, 11) is 0. The van der Waals surface area contributed by atoms with Gasteiger partial charge >= 0.3 is 11.9 Å². The molecule has 1 unspecified atom stereocenters. The van der Waals surface area contributed by atoms with Gasteiger partial charge in [-0.1, -0.05) is 189 Å². The molecule has 0 fully saturated rings. The summed E-state index contributed by atoms with van der Waals surface area (Å²) < 4.78 is 17.3. The highest BCUT2D eigenvalue weighted by atomic mass is 16.6. The molecular weight excluding hydrogens is 741 g/mol. The van der Waals surface area contributed by atoms with Crippen LogP contribution in [0.2, 0.25) is 0 Å². The van der Waals surface area contributed by atoms with Gasteiger partial charge in [0.2, 0.25) is 0 Å². The molecule has 5 nitrogen and oxygen atoms in total. The predicted molar refractivity (Wildman–Crippen MR) is 260 cm³/mol. The zero-order valence-corrected chi connectivity index (χ0v) is 39.5. The van der Waals surface area contributed by atoms with E-state index in [1.54, 1.807) is 0 Å². The molecule has 1 atom stereocenters. The van der Waals surface area contributed by atoms with Gasteiger partial charge < -0.3 is 14.2 Å². The highest BCUT2D eigenvalue weighted by Crippen LogP contribution is 2.13. The largest absolute Gasteiger partial charge is 0.462 e. The lowest BCUT2D eigenvalue weighted by molar-refractivity contribution is -0.163. The topological polar surface area (TPSA) is 61.8 Å². The number of esters is 2. The standard InChI is InChI=1S/C55H94O5/c1-4-7-10-13-16-19-22-25-27-28-29-31-33-36-39-42-45-48-54(56)59-52-53(51-58-50-47-44-41-38-35-32-26-23-20-17-14-11-8-5-2)60-55(57)49-46-43-40-37-34-30-24-21-18-15-12-9-6-3/h7,10,12,15-16,19-21,23-25,27,29,31,53H,4-6,8-9,11,13-14,17-18,22,26,28,30,32-52H2,1-3H3/b10-7-,15-12-,19-16-,23-20-,24-21-,27-25-,31-29-. The van der Waals surface area contributed by atoms with Crippen LogP contribution in [0, 0.1) is 0 Å². The molecule has 60 heavy (non-hydrogen) atoms. The summed E-state index contributed by atoms with van der Waals surface area (Å²) in [5.41, 5.74) is 0. The molecule has 0 aliphatic heterocycles. The van der Waals surface area contributed by atoms with Gasteiger partial charge in [-0.25, -0.2) is 0 Å². The second-order valence-electron chi connectivity index (χ2n) is 16.3. The summed E-state index contributed by atoms with van der Waals surface area (Å²) in [6.45, 7) is 7.58. The summed E-state index contributed by atoms with van der Waals surface area (Å²) in [4.78, 5) is 25.4. The maximum Gasteiger partial charge on any atom is 0.306 e. The molecule has 0 aromatic rings. The van der Waals surface area contributed by atoms with Crippen LogP contribution in [0.3, 0.4) is 0 Å². The average molecular weight is 835 g/mol.